The van der Waals surface area contributed by atoms with Crippen molar-refractivity contribution in [3.8, 4) is 0 Å². The van der Waals surface area contributed by atoms with Gasteiger partial charge in [0.2, 0.25) is 0 Å². The molecule has 1 saturated carbocycles. The summed E-state index contributed by atoms with van der Waals surface area (Å²) in [5.74, 6) is 0.399. The van der Waals surface area contributed by atoms with E-state index in [4.69, 9.17) is 0 Å². The third kappa shape index (κ3) is 1.41. The van der Waals surface area contributed by atoms with Crippen molar-refractivity contribution in [3.63, 3.8) is 0 Å². The molecule has 1 aliphatic rings. The number of aryl methyl sites for hydroxylation is 1. The summed E-state index contributed by atoms with van der Waals surface area (Å²) in [5, 5.41) is 0. The van der Waals surface area contributed by atoms with E-state index in [1.807, 2.05) is 0 Å². The molecule has 1 heteroatoms. The second-order valence-electron chi connectivity index (χ2n) is 5.75. The zero-order chi connectivity index (χ0) is 12.0. The number of hydrogen-bond donors (Lipinski definition) is 0. The highest BCUT2D eigenvalue weighted by Gasteiger charge is 2.51. The van der Waals surface area contributed by atoms with Crippen molar-refractivity contribution < 1.29 is 4.79 Å². The molecule has 0 unspecified atom stereocenters. The highest BCUT2D eigenvalue weighted by Crippen LogP contribution is 2.51. The largest absolute Gasteiger partial charge is 0.299 e. The molecule has 0 saturated heterocycles. The van der Waals surface area contributed by atoms with E-state index < -0.39 is 0 Å². The fourth-order valence-corrected chi connectivity index (χ4v) is 2.72. The first-order chi connectivity index (χ1) is 7.38. The number of carbonyl (C=O) groups excluding carboxylic acids is 1. The number of ketones is 1. The fraction of sp³-hybridized carbons (Fsp3) is 0.533. The van der Waals surface area contributed by atoms with Gasteiger partial charge in [-0.3, -0.25) is 4.79 Å². The molecule has 2 rings (SSSR count). The molecule has 0 amide bonds. The Morgan fingerprint density at radius 3 is 2.06 bits per heavy atom. The molecule has 0 spiro atoms. The first-order valence-corrected chi connectivity index (χ1v) is 5.98. The molecule has 1 aromatic carbocycles. The van der Waals surface area contributed by atoms with Crippen LogP contribution in [0.1, 0.15) is 44.7 Å². The molecule has 1 aliphatic carbocycles. The van der Waals surface area contributed by atoms with Gasteiger partial charge in [-0.05, 0) is 18.9 Å². The summed E-state index contributed by atoms with van der Waals surface area (Å²) in [7, 11) is 0. The average Bonchev–Trinajstić information content (AvgIpc) is 2.44. The number of benzene rings is 1. The maximum atomic E-state index is 12.0. The Morgan fingerprint density at radius 2 is 1.62 bits per heavy atom. The van der Waals surface area contributed by atoms with E-state index in [0.29, 0.717) is 5.78 Å². The van der Waals surface area contributed by atoms with Gasteiger partial charge in [0.25, 0.3) is 0 Å². The van der Waals surface area contributed by atoms with Gasteiger partial charge in [0.15, 0.2) is 0 Å². The van der Waals surface area contributed by atoms with Crippen LogP contribution in [0.25, 0.3) is 0 Å². The Balaban J connectivity index is 2.47. The molecular formula is C15H20O. The second-order valence-corrected chi connectivity index (χ2v) is 5.75. The van der Waals surface area contributed by atoms with Crippen LogP contribution in [0.5, 0.6) is 0 Å². The van der Waals surface area contributed by atoms with Gasteiger partial charge in [-0.15, -0.1) is 0 Å². The summed E-state index contributed by atoms with van der Waals surface area (Å²) < 4.78 is 0. The molecule has 0 N–H and O–H groups in total. The van der Waals surface area contributed by atoms with E-state index in [9.17, 15) is 4.79 Å². The molecule has 1 aromatic rings. The molecule has 86 valence electrons. The van der Waals surface area contributed by atoms with Gasteiger partial charge in [-0.1, -0.05) is 50.6 Å². The highest BCUT2D eigenvalue weighted by atomic mass is 16.1. The molecule has 0 heterocycles. The maximum Gasteiger partial charge on any atom is 0.139 e. The van der Waals surface area contributed by atoms with E-state index in [-0.39, 0.29) is 10.8 Å². The lowest BCUT2D eigenvalue weighted by Crippen LogP contribution is -2.38. The Bertz CT molecular complexity index is 414. The van der Waals surface area contributed by atoms with Gasteiger partial charge in [-0.2, -0.15) is 0 Å². The SMILES string of the molecule is Cc1ccc([C@]2(C)CCC(=O)C2(C)C)cc1. The third-order valence-corrected chi connectivity index (χ3v) is 4.62. The van der Waals surface area contributed by atoms with Crippen molar-refractivity contribution in [3.05, 3.63) is 35.4 Å². The number of Topliss-reactive ketones (excluding diaryl/α,β-unsaturated/α-hetero) is 1. The Labute approximate surface area is 97.9 Å². The highest BCUT2D eigenvalue weighted by molar-refractivity contribution is 5.88. The smallest absolute Gasteiger partial charge is 0.139 e. The van der Waals surface area contributed by atoms with E-state index in [1.165, 1.54) is 11.1 Å². The van der Waals surface area contributed by atoms with Crippen LogP contribution in [0.4, 0.5) is 0 Å². The van der Waals surface area contributed by atoms with Crippen molar-refractivity contribution in [2.75, 3.05) is 0 Å². The molecule has 0 aromatic heterocycles. The normalized spacial score (nSPS) is 28.4. The van der Waals surface area contributed by atoms with Crippen molar-refractivity contribution in [1.82, 2.24) is 0 Å². The Morgan fingerprint density at radius 1 is 1.06 bits per heavy atom. The van der Waals surface area contributed by atoms with E-state index >= 15 is 0 Å². The molecular weight excluding hydrogens is 196 g/mol. The van der Waals surface area contributed by atoms with Gasteiger partial charge < -0.3 is 0 Å². The lowest BCUT2D eigenvalue weighted by atomic mass is 9.65. The van der Waals surface area contributed by atoms with Gasteiger partial charge in [0, 0.05) is 17.3 Å². The van der Waals surface area contributed by atoms with Crippen LogP contribution in [0.2, 0.25) is 0 Å². The second kappa shape index (κ2) is 3.44. The lowest BCUT2D eigenvalue weighted by molar-refractivity contribution is -0.125. The summed E-state index contributed by atoms with van der Waals surface area (Å²) in [5.41, 5.74) is 2.34. The van der Waals surface area contributed by atoms with Crippen LogP contribution in [0, 0.1) is 12.3 Å². The predicted molar refractivity (Wildman–Crippen MR) is 66.6 cm³/mol. The summed E-state index contributed by atoms with van der Waals surface area (Å²) >= 11 is 0. The van der Waals surface area contributed by atoms with Crippen molar-refractivity contribution >= 4 is 5.78 Å². The minimum absolute atomic E-state index is 0.00220. The summed E-state index contributed by atoms with van der Waals surface area (Å²) in [6, 6.07) is 8.63. The van der Waals surface area contributed by atoms with Crippen molar-refractivity contribution in [1.29, 1.82) is 0 Å². The number of hydrogen-bond acceptors (Lipinski definition) is 1. The molecule has 1 atom stereocenters. The third-order valence-electron chi connectivity index (χ3n) is 4.62. The van der Waals surface area contributed by atoms with Gasteiger partial charge in [0.05, 0.1) is 0 Å². The fourth-order valence-electron chi connectivity index (χ4n) is 2.72. The first kappa shape index (κ1) is 11.4. The number of carbonyl (C=O) groups is 1. The summed E-state index contributed by atoms with van der Waals surface area (Å²) in [6.45, 7) is 8.49. The maximum absolute atomic E-state index is 12.0. The zero-order valence-corrected chi connectivity index (χ0v) is 10.6. The van der Waals surface area contributed by atoms with Crippen LogP contribution in [0.3, 0.4) is 0 Å². The van der Waals surface area contributed by atoms with Gasteiger partial charge >= 0.3 is 0 Å². The Hall–Kier alpha value is -1.11. The summed E-state index contributed by atoms with van der Waals surface area (Å²) in [6.07, 6.45) is 1.69. The van der Waals surface area contributed by atoms with Crippen LogP contribution in [-0.2, 0) is 10.2 Å². The molecule has 1 fully saturated rings. The monoisotopic (exact) mass is 216 g/mol. The molecule has 0 aliphatic heterocycles. The Kier molecular flexibility index (Phi) is 2.45. The average molecular weight is 216 g/mol. The van der Waals surface area contributed by atoms with Crippen molar-refractivity contribution in [2.45, 2.75) is 46.0 Å². The minimum Gasteiger partial charge on any atom is -0.299 e. The van der Waals surface area contributed by atoms with Gasteiger partial charge in [0.1, 0.15) is 5.78 Å². The minimum atomic E-state index is -0.234. The van der Waals surface area contributed by atoms with E-state index in [2.05, 4.69) is 52.0 Å². The lowest BCUT2D eigenvalue weighted by Gasteiger charge is -2.37. The van der Waals surface area contributed by atoms with Crippen LogP contribution >= 0.6 is 0 Å². The summed E-state index contributed by atoms with van der Waals surface area (Å²) in [4.78, 5) is 12.0. The number of rotatable bonds is 1. The standard InChI is InChI=1S/C15H20O/c1-11-5-7-12(8-6-11)15(4)10-9-13(16)14(15,2)3/h5-8H,9-10H2,1-4H3/t15-/m0/s1. The quantitative estimate of drug-likeness (QED) is 0.700. The first-order valence-electron chi connectivity index (χ1n) is 5.98. The molecule has 1 nitrogen and oxygen atoms in total. The van der Waals surface area contributed by atoms with Crippen LogP contribution in [-0.4, -0.2) is 5.78 Å². The van der Waals surface area contributed by atoms with Gasteiger partial charge in [-0.25, -0.2) is 0 Å². The molecule has 0 radical (unpaired) electrons. The molecule has 0 bridgehead atoms. The predicted octanol–water partition coefficient (Wildman–Crippen LogP) is 3.64. The van der Waals surface area contributed by atoms with Crippen LogP contribution < -0.4 is 0 Å². The van der Waals surface area contributed by atoms with E-state index in [0.717, 1.165) is 12.8 Å². The zero-order valence-electron chi connectivity index (χ0n) is 10.6. The van der Waals surface area contributed by atoms with Crippen molar-refractivity contribution in [2.24, 2.45) is 5.41 Å². The van der Waals surface area contributed by atoms with E-state index in [1.54, 1.807) is 0 Å². The van der Waals surface area contributed by atoms with Crippen LogP contribution in [0.15, 0.2) is 24.3 Å². The topological polar surface area (TPSA) is 17.1 Å². The molecule has 16 heavy (non-hydrogen) atoms.